The number of anilines is 1. The largest absolute Gasteiger partial charge is 0.493 e. The summed E-state index contributed by atoms with van der Waals surface area (Å²) in [5, 5.41) is 3.00. The van der Waals surface area contributed by atoms with Crippen LogP contribution in [-0.2, 0) is 22.6 Å². The fourth-order valence-corrected chi connectivity index (χ4v) is 4.85. The Morgan fingerprint density at radius 2 is 1.59 bits per heavy atom. The van der Waals surface area contributed by atoms with Crippen LogP contribution in [-0.4, -0.2) is 37.7 Å². The van der Waals surface area contributed by atoms with Crippen molar-refractivity contribution in [3.8, 4) is 23.0 Å². The van der Waals surface area contributed by atoms with E-state index in [4.69, 9.17) is 18.9 Å². The molecule has 1 aliphatic heterocycles. The zero-order valence-electron chi connectivity index (χ0n) is 23.3. The van der Waals surface area contributed by atoms with E-state index in [-0.39, 0.29) is 31.6 Å². The first-order valence-electron chi connectivity index (χ1n) is 13.3. The third-order valence-electron chi connectivity index (χ3n) is 7.04. The van der Waals surface area contributed by atoms with Gasteiger partial charge in [-0.1, -0.05) is 60.7 Å². The van der Waals surface area contributed by atoms with E-state index in [2.05, 4.69) is 5.32 Å². The predicted octanol–water partition coefficient (Wildman–Crippen LogP) is 5.69. The maximum absolute atomic E-state index is 14.2. The summed E-state index contributed by atoms with van der Waals surface area (Å²) in [6.45, 7) is 2.35. The van der Waals surface area contributed by atoms with E-state index in [0.29, 0.717) is 34.2 Å². The molecule has 0 saturated heterocycles. The Balaban J connectivity index is 1.58. The van der Waals surface area contributed by atoms with Crippen LogP contribution in [0.3, 0.4) is 0 Å². The number of rotatable bonds is 10. The lowest BCUT2D eigenvalue weighted by Gasteiger charge is -2.32. The molecule has 41 heavy (non-hydrogen) atoms. The number of fused-ring (bicyclic) bond motifs is 1. The molecule has 8 heteroatoms. The van der Waals surface area contributed by atoms with E-state index in [1.165, 1.54) is 7.11 Å². The lowest BCUT2D eigenvalue weighted by atomic mass is 9.99. The third kappa shape index (κ3) is 6.27. The Bertz CT molecular complexity index is 1540. The molecule has 1 aliphatic rings. The number of hydrogen-bond acceptors (Lipinski definition) is 6. The monoisotopic (exact) mass is 552 g/mol. The topological polar surface area (TPSA) is 86.3 Å². The average Bonchev–Trinajstić information content (AvgIpc) is 3.46. The van der Waals surface area contributed by atoms with Crippen LogP contribution in [0.4, 0.5) is 5.69 Å². The highest BCUT2D eigenvalue weighted by atomic mass is 16.7. The Labute approximate surface area is 239 Å². The third-order valence-corrected chi connectivity index (χ3v) is 7.04. The number of carbonyl (C=O) groups excluding carboxylic acids is 2. The molecule has 2 amide bonds. The molecule has 5 rings (SSSR count). The van der Waals surface area contributed by atoms with Gasteiger partial charge in [-0.25, -0.2) is 0 Å². The van der Waals surface area contributed by atoms with Crippen LogP contribution >= 0.6 is 0 Å². The molecule has 8 nitrogen and oxygen atoms in total. The summed E-state index contributed by atoms with van der Waals surface area (Å²) in [5.41, 5.74) is 3.92. The minimum Gasteiger partial charge on any atom is -0.493 e. The van der Waals surface area contributed by atoms with E-state index in [0.717, 1.165) is 16.7 Å². The second kappa shape index (κ2) is 12.5. The van der Waals surface area contributed by atoms with Crippen LogP contribution in [0.5, 0.6) is 23.0 Å². The highest BCUT2D eigenvalue weighted by molar-refractivity contribution is 5.98. The molecule has 4 aromatic carbocycles. The summed E-state index contributed by atoms with van der Waals surface area (Å²) in [6.07, 6.45) is 0.133. The predicted molar refractivity (Wildman–Crippen MR) is 155 cm³/mol. The van der Waals surface area contributed by atoms with Crippen LogP contribution in [0.15, 0.2) is 91.0 Å². The number of nitrogens with one attached hydrogen (secondary N) is 1. The van der Waals surface area contributed by atoms with Gasteiger partial charge >= 0.3 is 0 Å². The number of hydrogen-bond donors (Lipinski definition) is 1. The molecule has 0 fully saturated rings. The van der Waals surface area contributed by atoms with E-state index in [1.807, 2.05) is 61.5 Å². The summed E-state index contributed by atoms with van der Waals surface area (Å²) in [4.78, 5) is 29.9. The van der Waals surface area contributed by atoms with Gasteiger partial charge in [0.15, 0.2) is 23.0 Å². The smallest absolute Gasteiger partial charge is 0.251 e. The molecule has 0 aromatic heterocycles. The lowest BCUT2D eigenvalue weighted by molar-refractivity contribution is -0.139. The van der Waals surface area contributed by atoms with E-state index < -0.39 is 6.04 Å². The Hall–Kier alpha value is -4.98. The molecule has 0 saturated carbocycles. The first-order valence-corrected chi connectivity index (χ1v) is 13.3. The second-order valence-corrected chi connectivity index (χ2v) is 9.68. The molecule has 0 spiro atoms. The molecule has 1 heterocycles. The minimum absolute atomic E-state index is 0.124. The van der Waals surface area contributed by atoms with Crippen LogP contribution in [0, 0.1) is 6.92 Å². The van der Waals surface area contributed by atoms with Gasteiger partial charge < -0.3 is 29.2 Å². The van der Waals surface area contributed by atoms with Crippen molar-refractivity contribution in [1.29, 1.82) is 0 Å². The van der Waals surface area contributed by atoms with Crippen molar-refractivity contribution in [2.75, 3.05) is 26.3 Å². The molecule has 0 bridgehead atoms. The van der Waals surface area contributed by atoms with Crippen molar-refractivity contribution < 1.29 is 28.5 Å². The Morgan fingerprint density at radius 3 is 2.34 bits per heavy atom. The van der Waals surface area contributed by atoms with Crippen molar-refractivity contribution in [3.63, 3.8) is 0 Å². The quantitative estimate of drug-likeness (QED) is 0.272. The maximum Gasteiger partial charge on any atom is 0.251 e. The molecule has 1 atom stereocenters. The summed E-state index contributed by atoms with van der Waals surface area (Å²) in [5.74, 6) is 1.55. The SMILES string of the molecule is COc1ccc([C@@H](C(=O)Nc2ccc3c(c2)OCO3)N(Cc2ccccc2C)C(=O)Cc2ccccc2)cc1OC. The van der Waals surface area contributed by atoms with Gasteiger partial charge in [-0.2, -0.15) is 0 Å². The molecular weight excluding hydrogens is 520 g/mol. The highest BCUT2D eigenvalue weighted by Crippen LogP contribution is 2.36. The number of nitrogens with zero attached hydrogens (tertiary/aromatic N) is 1. The van der Waals surface area contributed by atoms with Crippen molar-refractivity contribution in [1.82, 2.24) is 4.90 Å². The number of carbonyl (C=O) groups is 2. The Kier molecular flexibility index (Phi) is 8.39. The van der Waals surface area contributed by atoms with Gasteiger partial charge in [0.1, 0.15) is 6.04 Å². The molecule has 1 N–H and O–H groups in total. The van der Waals surface area contributed by atoms with Crippen molar-refractivity contribution in [2.24, 2.45) is 0 Å². The van der Waals surface area contributed by atoms with E-state index >= 15 is 0 Å². The van der Waals surface area contributed by atoms with Crippen LogP contribution in [0.2, 0.25) is 0 Å². The van der Waals surface area contributed by atoms with Crippen LogP contribution in [0.25, 0.3) is 0 Å². The maximum atomic E-state index is 14.2. The lowest BCUT2D eigenvalue weighted by Crippen LogP contribution is -2.41. The number of amides is 2. The number of benzene rings is 4. The first kappa shape index (κ1) is 27.6. The zero-order chi connectivity index (χ0) is 28.8. The van der Waals surface area contributed by atoms with E-state index in [9.17, 15) is 9.59 Å². The van der Waals surface area contributed by atoms with Gasteiger partial charge in [0.2, 0.25) is 12.7 Å². The fourth-order valence-electron chi connectivity index (χ4n) is 4.85. The van der Waals surface area contributed by atoms with Crippen molar-refractivity contribution in [2.45, 2.75) is 25.9 Å². The normalized spacial score (nSPS) is 12.4. The molecule has 210 valence electrons. The van der Waals surface area contributed by atoms with Gasteiger partial charge in [0, 0.05) is 18.3 Å². The number of methoxy groups -OCH3 is 2. The summed E-state index contributed by atoms with van der Waals surface area (Å²) in [7, 11) is 3.09. The number of aryl methyl sites for hydroxylation is 1. The van der Waals surface area contributed by atoms with Crippen LogP contribution in [0.1, 0.15) is 28.3 Å². The molecule has 0 radical (unpaired) electrons. The molecule has 0 aliphatic carbocycles. The van der Waals surface area contributed by atoms with Gasteiger partial charge in [0.05, 0.1) is 20.6 Å². The van der Waals surface area contributed by atoms with Gasteiger partial charge in [-0.05, 0) is 53.4 Å². The Morgan fingerprint density at radius 1 is 0.854 bits per heavy atom. The summed E-state index contributed by atoms with van der Waals surface area (Å²) >= 11 is 0. The summed E-state index contributed by atoms with van der Waals surface area (Å²) < 4.78 is 21.9. The average molecular weight is 553 g/mol. The van der Waals surface area contributed by atoms with E-state index in [1.54, 1.807) is 48.4 Å². The number of ether oxygens (including phenoxy) is 4. The first-order chi connectivity index (χ1) is 20.0. The van der Waals surface area contributed by atoms with Gasteiger partial charge in [-0.15, -0.1) is 0 Å². The van der Waals surface area contributed by atoms with Crippen molar-refractivity contribution >= 4 is 17.5 Å². The van der Waals surface area contributed by atoms with Crippen LogP contribution < -0.4 is 24.3 Å². The molecule has 0 unspecified atom stereocenters. The van der Waals surface area contributed by atoms with Crippen molar-refractivity contribution in [3.05, 3.63) is 113 Å². The molecule has 4 aromatic rings. The van der Waals surface area contributed by atoms with Gasteiger partial charge in [-0.3, -0.25) is 9.59 Å². The second-order valence-electron chi connectivity index (χ2n) is 9.68. The fraction of sp³-hybridized carbons (Fsp3) is 0.212. The molecular formula is C33H32N2O6. The van der Waals surface area contributed by atoms with Gasteiger partial charge in [0.25, 0.3) is 5.91 Å². The zero-order valence-corrected chi connectivity index (χ0v) is 23.3. The highest BCUT2D eigenvalue weighted by Gasteiger charge is 2.33. The minimum atomic E-state index is -0.990. The summed E-state index contributed by atoms with van der Waals surface area (Å²) in [6, 6.07) is 26.8. The standard InChI is InChI=1S/C33H32N2O6/c1-22-9-7-8-12-25(22)20-35(31(36)17-23-10-5-4-6-11-23)32(24-13-15-27(38-2)29(18-24)39-3)33(37)34-26-14-16-28-30(19-26)41-21-40-28/h4-16,18-19,32H,17,20-21H2,1-3H3,(H,34,37)/t32-/m0/s1.